The van der Waals surface area contributed by atoms with E-state index in [1.54, 1.807) is 0 Å². The first-order valence-corrected chi connectivity index (χ1v) is 8.04. The molecule has 4 nitrogen and oxygen atoms in total. The average Bonchev–Trinajstić information content (AvgIpc) is 2.78. The molecule has 1 heterocycles. The number of hydrogen-bond donors (Lipinski definition) is 1. The van der Waals surface area contributed by atoms with E-state index in [4.69, 9.17) is 5.73 Å². The highest BCUT2D eigenvalue weighted by Gasteiger charge is 2.23. The van der Waals surface area contributed by atoms with Gasteiger partial charge >= 0.3 is 0 Å². The fourth-order valence-corrected chi connectivity index (χ4v) is 3.11. The lowest BCUT2D eigenvalue weighted by molar-refractivity contribution is 0.0757. The molecule has 0 spiro atoms. The summed E-state index contributed by atoms with van der Waals surface area (Å²) in [6.45, 7) is 6.64. The Kier molecular flexibility index (Phi) is 6.21. The minimum absolute atomic E-state index is 0.157. The molecule has 1 aliphatic heterocycles. The van der Waals surface area contributed by atoms with Crippen LogP contribution in [-0.4, -0.2) is 54.5 Å². The fourth-order valence-electron chi connectivity index (χ4n) is 3.11. The Balaban J connectivity index is 1.96. The molecule has 2 N–H and O–H groups in total. The summed E-state index contributed by atoms with van der Waals surface area (Å²) in [4.78, 5) is 17.0. The van der Waals surface area contributed by atoms with Crippen LogP contribution in [0.15, 0.2) is 30.3 Å². The van der Waals surface area contributed by atoms with E-state index in [0.717, 1.165) is 57.5 Å². The summed E-state index contributed by atoms with van der Waals surface area (Å²) in [6.07, 6.45) is 3.21. The molecule has 4 heteroatoms. The molecular weight excluding hydrogens is 262 g/mol. The molecule has 21 heavy (non-hydrogen) atoms. The number of carbonyl (C=O) groups is 1. The molecule has 1 atom stereocenters. The standard InChI is InChI=1S/C17H27N3O/c1-2-16(9-10-18)19-11-6-12-20(14-13-19)17(21)15-7-4-3-5-8-15/h3-5,7-8,16H,2,6,9-14,18H2,1H3. The van der Waals surface area contributed by atoms with Crippen molar-refractivity contribution in [3.8, 4) is 0 Å². The number of nitrogens with zero attached hydrogens (tertiary/aromatic N) is 2. The largest absolute Gasteiger partial charge is 0.337 e. The number of hydrogen-bond acceptors (Lipinski definition) is 3. The van der Waals surface area contributed by atoms with Gasteiger partial charge in [-0.3, -0.25) is 9.69 Å². The molecule has 0 aliphatic carbocycles. The molecule has 1 unspecified atom stereocenters. The average molecular weight is 289 g/mol. The van der Waals surface area contributed by atoms with Crippen LogP contribution in [-0.2, 0) is 0 Å². The summed E-state index contributed by atoms with van der Waals surface area (Å²) in [7, 11) is 0. The molecule has 1 aliphatic rings. The van der Waals surface area contributed by atoms with Crippen LogP contribution in [0.25, 0.3) is 0 Å². The maximum absolute atomic E-state index is 12.5. The highest BCUT2D eigenvalue weighted by atomic mass is 16.2. The summed E-state index contributed by atoms with van der Waals surface area (Å²) < 4.78 is 0. The summed E-state index contributed by atoms with van der Waals surface area (Å²) in [6, 6.07) is 10.1. The van der Waals surface area contributed by atoms with Crippen LogP contribution < -0.4 is 5.73 Å². The van der Waals surface area contributed by atoms with Crippen molar-refractivity contribution < 1.29 is 4.79 Å². The van der Waals surface area contributed by atoms with E-state index in [1.807, 2.05) is 35.2 Å². The lowest BCUT2D eigenvalue weighted by atomic mass is 10.1. The van der Waals surface area contributed by atoms with Gasteiger partial charge in [-0.25, -0.2) is 0 Å². The first kappa shape index (κ1) is 16.0. The van der Waals surface area contributed by atoms with Gasteiger partial charge in [0.15, 0.2) is 0 Å². The number of nitrogens with two attached hydrogens (primary N) is 1. The van der Waals surface area contributed by atoms with Crippen LogP contribution in [0.4, 0.5) is 0 Å². The number of amides is 1. The van der Waals surface area contributed by atoms with Crippen molar-refractivity contribution in [1.29, 1.82) is 0 Å². The molecule has 1 saturated heterocycles. The summed E-state index contributed by atoms with van der Waals surface area (Å²) in [5.74, 6) is 0.157. The second-order valence-electron chi connectivity index (χ2n) is 5.69. The zero-order valence-corrected chi connectivity index (χ0v) is 13.0. The minimum Gasteiger partial charge on any atom is -0.337 e. The van der Waals surface area contributed by atoms with Crippen molar-refractivity contribution in [2.75, 3.05) is 32.7 Å². The van der Waals surface area contributed by atoms with Gasteiger partial charge in [0.2, 0.25) is 0 Å². The van der Waals surface area contributed by atoms with Crippen LogP contribution in [0.2, 0.25) is 0 Å². The highest BCUT2D eigenvalue weighted by Crippen LogP contribution is 2.14. The van der Waals surface area contributed by atoms with Gasteiger partial charge in [-0.05, 0) is 37.9 Å². The number of benzene rings is 1. The molecule has 1 aromatic rings. The van der Waals surface area contributed by atoms with Gasteiger partial charge in [0.25, 0.3) is 5.91 Å². The van der Waals surface area contributed by atoms with Gasteiger partial charge in [0, 0.05) is 37.8 Å². The van der Waals surface area contributed by atoms with Crippen molar-refractivity contribution in [3.63, 3.8) is 0 Å². The fraction of sp³-hybridized carbons (Fsp3) is 0.588. The van der Waals surface area contributed by atoms with Gasteiger partial charge in [0.05, 0.1) is 0 Å². The second kappa shape index (κ2) is 8.15. The third kappa shape index (κ3) is 4.29. The van der Waals surface area contributed by atoms with Crippen LogP contribution in [0.5, 0.6) is 0 Å². The van der Waals surface area contributed by atoms with E-state index in [2.05, 4.69) is 11.8 Å². The Hall–Kier alpha value is -1.39. The van der Waals surface area contributed by atoms with Crippen molar-refractivity contribution in [1.82, 2.24) is 9.80 Å². The molecule has 1 fully saturated rings. The van der Waals surface area contributed by atoms with E-state index in [1.165, 1.54) is 0 Å². The quantitative estimate of drug-likeness (QED) is 0.901. The van der Waals surface area contributed by atoms with E-state index in [9.17, 15) is 4.79 Å². The molecule has 0 aromatic heterocycles. The highest BCUT2D eigenvalue weighted by molar-refractivity contribution is 5.94. The van der Waals surface area contributed by atoms with Gasteiger partial charge in [0.1, 0.15) is 0 Å². The summed E-state index contributed by atoms with van der Waals surface area (Å²) >= 11 is 0. The van der Waals surface area contributed by atoms with Gasteiger partial charge in [-0.2, -0.15) is 0 Å². The number of rotatable bonds is 5. The Labute approximate surface area is 127 Å². The third-order valence-electron chi connectivity index (χ3n) is 4.33. The van der Waals surface area contributed by atoms with Crippen LogP contribution >= 0.6 is 0 Å². The van der Waals surface area contributed by atoms with Gasteiger partial charge < -0.3 is 10.6 Å². The van der Waals surface area contributed by atoms with Crippen molar-refractivity contribution in [2.24, 2.45) is 5.73 Å². The third-order valence-corrected chi connectivity index (χ3v) is 4.33. The Morgan fingerprint density at radius 1 is 1.19 bits per heavy atom. The Morgan fingerprint density at radius 2 is 1.95 bits per heavy atom. The van der Waals surface area contributed by atoms with E-state index in [0.29, 0.717) is 6.04 Å². The lowest BCUT2D eigenvalue weighted by Gasteiger charge is -2.29. The summed E-state index contributed by atoms with van der Waals surface area (Å²) in [5, 5.41) is 0. The van der Waals surface area contributed by atoms with Crippen LogP contribution in [0, 0.1) is 0 Å². The SMILES string of the molecule is CCC(CCN)N1CCCN(C(=O)c2ccccc2)CC1. The van der Waals surface area contributed by atoms with E-state index in [-0.39, 0.29) is 5.91 Å². The molecule has 0 saturated carbocycles. The molecular formula is C17H27N3O. The maximum Gasteiger partial charge on any atom is 0.253 e. The molecule has 1 aromatic carbocycles. The van der Waals surface area contributed by atoms with Gasteiger partial charge in [-0.1, -0.05) is 25.1 Å². The summed E-state index contributed by atoms with van der Waals surface area (Å²) in [5.41, 5.74) is 6.50. The Morgan fingerprint density at radius 3 is 2.62 bits per heavy atom. The molecule has 116 valence electrons. The Bertz CT molecular complexity index is 435. The maximum atomic E-state index is 12.5. The zero-order valence-electron chi connectivity index (χ0n) is 13.0. The van der Waals surface area contributed by atoms with Crippen LogP contribution in [0.3, 0.4) is 0 Å². The lowest BCUT2D eigenvalue weighted by Crippen LogP contribution is -2.40. The zero-order chi connectivity index (χ0) is 15.1. The van der Waals surface area contributed by atoms with E-state index < -0.39 is 0 Å². The topological polar surface area (TPSA) is 49.6 Å². The first-order valence-electron chi connectivity index (χ1n) is 8.04. The van der Waals surface area contributed by atoms with Crippen molar-refractivity contribution in [2.45, 2.75) is 32.2 Å². The van der Waals surface area contributed by atoms with E-state index >= 15 is 0 Å². The number of carbonyl (C=O) groups excluding carboxylic acids is 1. The normalized spacial score (nSPS) is 18.3. The first-order chi connectivity index (χ1) is 10.3. The van der Waals surface area contributed by atoms with Crippen molar-refractivity contribution >= 4 is 5.91 Å². The predicted octanol–water partition coefficient (Wildman–Crippen LogP) is 1.96. The molecule has 2 rings (SSSR count). The minimum atomic E-state index is 0.157. The van der Waals surface area contributed by atoms with Crippen molar-refractivity contribution in [3.05, 3.63) is 35.9 Å². The molecule has 0 radical (unpaired) electrons. The smallest absolute Gasteiger partial charge is 0.253 e. The van der Waals surface area contributed by atoms with Crippen LogP contribution in [0.1, 0.15) is 36.5 Å². The van der Waals surface area contributed by atoms with Gasteiger partial charge in [-0.15, -0.1) is 0 Å². The monoisotopic (exact) mass is 289 g/mol. The molecule has 1 amide bonds. The second-order valence-corrected chi connectivity index (χ2v) is 5.69. The predicted molar refractivity (Wildman–Crippen MR) is 86.3 cm³/mol. The molecule has 0 bridgehead atoms.